The SMILES string of the molecule is CC(C)(C)c1ccc(CN2C[C@@H](Cc3ccccn3)[C@H](O)C2)cc1. The highest BCUT2D eigenvalue weighted by atomic mass is 16.3. The van der Waals surface area contributed by atoms with Crippen molar-refractivity contribution in [2.75, 3.05) is 13.1 Å². The zero-order valence-electron chi connectivity index (χ0n) is 14.9. The molecule has 0 spiro atoms. The van der Waals surface area contributed by atoms with Crippen molar-refractivity contribution in [3.8, 4) is 0 Å². The van der Waals surface area contributed by atoms with Gasteiger partial charge in [-0.25, -0.2) is 0 Å². The van der Waals surface area contributed by atoms with E-state index in [2.05, 4.69) is 54.9 Å². The van der Waals surface area contributed by atoms with Crippen LogP contribution in [-0.2, 0) is 18.4 Å². The number of likely N-dealkylation sites (tertiary alicyclic amines) is 1. The van der Waals surface area contributed by atoms with Gasteiger partial charge in [0.1, 0.15) is 0 Å². The van der Waals surface area contributed by atoms with Crippen LogP contribution in [0.2, 0.25) is 0 Å². The van der Waals surface area contributed by atoms with Crippen molar-refractivity contribution in [2.45, 2.75) is 45.3 Å². The van der Waals surface area contributed by atoms with E-state index in [0.717, 1.165) is 31.7 Å². The van der Waals surface area contributed by atoms with Crippen molar-refractivity contribution < 1.29 is 5.11 Å². The average Bonchev–Trinajstić information content (AvgIpc) is 2.87. The van der Waals surface area contributed by atoms with Gasteiger partial charge in [-0.15, -0.1) is 0 Å². The minimum Gasteiger partial charge on any atom is -0.391 e. The summed E-state index contributed by atoms with van der Waals surface area (Å²) < 4.78 is 0. The van der Waals surface area contributed by atoms with E-state index in [-0.39, 0.29) is 17.4 Å². The molecule has 0 bridgehead atoms. The maximum Gasteiger partial charge on any atom is 0.0711 e. The number of pyridine rings is 1. The highest BCUT2D eigenvalue weighted by molar-refractivity contribution is 5.27. The van der Waals surface area contributed by atoms with Gasteiger partial charge < -0.3 is 5.11 Å². The second-order valence-electron chi connectivity index (χ2n) is 7.99. The molecule has 2 atom stereocenters. The fourth-order valence-electron chi connectivity index (χ4n) is 3.43. The molecule has 128 valence electrons. The molecule has 3 rings (SSSR count). The van der Waals surface area contributed by atoms with Gasteiger partial charge in [-0.05, 0) is 35.1 Å². The van der Waals surface area contributed by atoms with Gasteiger partial charge in [-0.2, -0.15) is 0 Å². The smallest absolute Gasteiger partial charge is 0.0711 e. The maximum atomic E-state index is 10.4. The third-order valence-electron chi connectivity index (χ3n) is 4.91. The minimum absolute atomic E-state index is 0.191. The van der Waals surface area contributed by atoms with Crippen LogP contribution >= 0.6 is 0 Å². The fraction of sp³-hybridized carbons (Fsp3) is 0.476. The minimum atomic E-state index is -0.263. The Labute approximate surface area is 145 Å². The molecular formula is C21H28N2O. The van der Waals surface area contributed by atoms with Gasteiger partial charge in [0.2, 0.25) is 0 Å². The van der Waals surface area contributed by atoms with E-state index in [1.807, 2.05) is 24.4 Å². The normalized spacial score (nSPS) is 22.0. The van der Waals surface area contributed by atoms with Crippen LogP contribution in [0.3, 0.4) is 0 Å². The summed E-state index contributed by atoms with van der Waals surface area (Å²) in [4.78, 5) is 6.74. The lowest BCUT2D eigenvalue weighted by Gasteiger charge is -2.20. The van der Waals surface area contributed by atoms with Crippen molar-refractivity contribution >= 4 is 0 Å². The lowest BCUT2D eigenvalue weighted by molar-refractivity contribution is 0.140. The summed E-state index contributed by atoms with van der Waals surface area (Å²) in [6.45, 7) is 9.29. The number of aliphatic hydroxyl groups excluding tert-OH is 1. The standard InChI is InChI=1S/C21H28N2O/c1-21(2,3)18-9-7-16(8-10-18)13-23-14-17(20(24)15-23)12-19-6-4-5-11-22-19/h4-11,17,20,24H,12-15H2,1-3H3/t17-,20-/m1/s1. The summed E-state index contributed by atoms with van der Waals surface area (Å²) >= 11 is 0. The molecule has 1 aliphatic rings. The largest absolute Gasteiger partial charge is 0.391 e. The van der Waals surface area contributed by atoms with Crippen LogP contribution in [0.25, 0.3) is 0 Å². The number of hydrogen-bond donors (Lipinski definition) is 1. The molecule has 1 aromatic carbocycles. The van der Waals surface area contributed by atoms with E-state index in [4.69, 9.17) is 0 Å². The Balaban J connectivity index is 1.59. The Morgan fingerprint density at radius 3 is 2.46 bits per heavy atom. The van der Waals surface area contributed by atoms with E-state index in [9.17, 15) is 5.11 Å². The van der Waals surface area contributed by atoms with Crippen molar-refractivity contribution in [1.82, 2.24) is 9.88 Å². The highest BCUT2D eigenvalue weighted by Crippen LogP contribution is 2.25. The molecule has 0 saturated carbocycles. The van der Waals surface area contributed by atoms with Gasteiger partial charge in [0, 0.05) is 37.4 Å². The van der Waals surface area contributed by atoms with Crippen LogP contribution in [0.1, 0.15) is 37.6 Å². The lowest BCUT2D eigenvalue weighted by atomic mass is 9.87. The molecule has 2 aromatic rings. The third-order valence-corrected chi connectivity index (χ3v) is 4.91. The second-order valence-corrected chi connectivity index (χ2v) is 7.99. The number of nitrogens with zero attached hydrogens (tertiary/aromatic N) is 2. The van der Waals surface area contributed by atoms with Crippen LogP contribution in [0.15, 0.2) is 48.7 Å². The predicted molar refractivity (Wildman–Crippen MR) is 97.9 cm³/mol. The summed E-state index contributed by atoms with van der Waals surface area (Å²) in [5.41, 5.74) is 3.93. The third kappa shape index (κ3) is 4.22. The molecule has 0 radical (unpaired) electrons. The number of hydrogen-bond acceptors (Lipinski definition) is 3. The molecule has 1 aliphatic heterocycles. The van der Waals surface area contributed by atoms with Crippen LogP contribution in [0, 0.1) is 5.92 Å². The number of aliphatic hydroxyl groups is 1. The first kappa shape index (κ1) is 17.1. The van der Waals surface area contributed by atoms with Crippen molar-refractivity contribution in [3.05, 3.63) is 65.5 Å². The topological polar surface area (TPSA) is 36.4 Å². The molecule has 1 saturated heterocycles. The van der Waals surface area contributed by atoms with Crippen LogP contribution in [0.4, 0.5) is 0 Å². The number of benzene rings is 1. The molecule has 0 unspecified atom stereocenters. The number of β-amino-alcohol motifs (C(OH)–C–C–N with tert-alkyl or cyclic N) is 1. The molecule has 1 aromatic heterocycles. The molecule has 24 heavy (non-hydrogen) atoms. The molecular weight excluding hydrogens is 296 g/mol. The Morgan fingerprint density at radius 1 is 1.08 bits per heavy atom. The summed E-state index contributed by atoms with van der Waals surface area (Å²) in [5, 5.41) is 10.4. The lowest BCUT2D eigenvalue weighted by Crippen LogP contribution is -2.21. The molecule has 0 aliphatic carbocycles. The first-order valence-corrected chi connectivity index (χ1v) is 8.81. The first-order valence-electron chi connectivity index (χ1n) is 8.81. The fourth-order valence-corrected chi connectivity index (χ4v) is 3.43. The molecule has 0 amide bonds. The summed E-state index contributed by atoms with van der Waals surface area (Å²) in [7, 11) is 0. The zero-order chi connectivity index (χ0) is 17.2. The van der Waals surface area contributed by atoms with E-state index in [1.54, 1.807) is 0 Å². The van der Waals surface area contributed by atoms with E-state index >= 15 is 0 Å². The predicted octanol–water partition coefficient (Wildman–Crippen LogP) is 3.41. The molecule has 2 heterocycles. The van der Waals surface area contributed by atoms with Gasteiger partial charge in [-0.3, -0.25) is 9.88 Å². The highest BCUT2D eigenvalue weighted by Gasteiger charge is 2.31. The van der Waals surface area contributed by atoms with Gasteiger partial charge in [0.05, 0.1) is 6.10 Å². The Hall–Kier alpha value is -1.71. The van der Waals surface area contributed by atoms with E-state index in [0.29, 0.717) is 0 Å². The van der Waals surface area contributed by atoms with Crippen LogP contribution in [-0.4, -0.2) is 34.2 Å². The van der Waals surface area contributed by atoms with E-state index in [1.165, 1.54) is 11.1 Å². The molecule has 3 heteroatoms. The Bertz CT molecular complexity index is 646. The number of rotatable bonds is 4. The molecule has 1 N–H and O–H groups in total. The van der Waals surface area contributed by atoms with Gasteiger partial charge in [0.25, 0.3) is 0 Å². The molecule has 3 nitrogen and oxygen atoms in total. The van der Waals surface area contributed by atoms with Crippen molar-refractivity contribution in [2.24, 2.45) is 5.92 Å². The van der Waals surface area contributed by atoms with Crippen LogP contribution in [0.5, 0.6) is 0 Å². The Morgan fingerprint density at radius 2 is 1.83 bits per heavy atom. The quantitative estimate of drug-likeness (QED) is 0.936. The average molecular weight is 324 g/mol. The van der Waals surface area contributed by atoms with Crippen LogP contribution < -0.4 is 0 Å². The van der Waals surface area contributed by atoms with Gasteiger partial charge in [0.15, 0.2) is 0 Å². The maximum absolute atomic E-state index is 10.4. The summed E-state index contributed by atoms with van der Waals surface area (Å²) in [6, 6.07) is 14.9. The summed E-state index contributed by atoms with van der Waals surface area (Å²) in [5.74, 6) is 0.272. The van der Waals surface area contributed by atoms with E-state index < -0.39 is 0 Å². The first-order chi connectivity index (χ1) is 11.4. The van der Waals surface area contributed by atoms with Crippen molar-refractivity contribution in [3.63, 3.8) is 0 Å². The monoisotopic (exact) mass is 324 g/mol. The molecule has 1 fully saturated rings. The summed E-state index contributed by atoms with van der Waals surface area (Å²) in [6.07, 6.45) is 2.41. The van der Waals surface area contributed by atoms with Gasteiger partial charge >= 0.3 is 0 Å². The van der Waals surface area contributed by atoms with Gasteiger partial charge in [-0.1, -0.05) is 51.1 Å². The Kier molecular flexibility index (Phi) is 5.02. The second kappa shape index (κ2) is 7.04. The van der Waals surface area contributed by atoms with Crippen molar-refractivity contribution in [1.29, 1.82) is 0 Å². The zero-order valence-corrected chi connectivity index (χ0v) is 14.9. The number of aromatic nitrogens is 1.